The van der Waals surface area contributed by atoms with Gasteiger partial charge in [-0.1, -0.05) is 6.92 Å². The van der Waals surface area contributed by atoms with Crippen LogP contribution in [0.2, 0.25) is 0 Å². The van der Waals surface area contributed by atoms with Crippen molar-refractivity contribution < 1.29 is 10.2 Å². The van der Waals surface area contributed by atoms with E-state index in [1.165, 1.54) is 0 Å². The summed E-state index contributed by atoms with van der Waals surface area (Å²) in [7, 11) is 0. The molecule has 12 heavy (non-hydrogen) atoms. The number of likely N-dealkylation sites (tertiary alicyclic amines) is 1. The topological polar surface area (TPSA) is 43.7 Å². The van der Waals surface area contributed by atoms with E-state index in [0.717, 1.165) is 19.4 Å². The van der Waals surface area contributed by atoms with Crippen molar-refractivity contribution in [1.82, 2.24) is 4.90 Å². The number of nitrogens with zero attached hydrogens (tertiary/aromatic N) is 1. The average molecular weight is 173 g/mol. The van der Waals surface area contributed by atoms with Crippen molar-refractivity contribution in [3.8, 4) is 0 Å². The summed E-state index contributed by atoms with van der Waals surface area (Å²) in [5, 5.41) is 19.0. The maximum atomic E-state index is 9.63. The van der Waals surface area contributed by atoms with Gasteiger partial charge in [-0.25, -0.2) is 0 Å². The molecule has 1 saturated heterocycles. The van der Waals surface area contributed by atoms with E-state index in [4.69, 9.17) is 0 Å². The SMILES string of the molecule is CCC(O)CN1CCC(C)(O)C1. The molecule has 3 heteroatoms. The molecule has 2 atom stereocenters. The number of hydrogen-bond donors (Lipinski definition) is 2. The summed E-state index contributed by atoms with van der Waals surface area (Å²) in [6.07, 6.45) is 1.38. The highest BCUT2D eigenvalue weighted by Crippen LogP contribution is 2.20. The van der Waals surface area contributed by atoms with E-state index in [9.17, 15) is 10.2 Å². The third-order valence-electron chi connectivity index (χ3n) is 2.47. The van der Waals surface area contributed by atoms with E-state index in [2.05, 4.69) is 4.90 Å². The van der Waals surface area contributed by atoms with E-state index in [-0.39, 0.29) is 6.10 Å². The summed E-state index contributed by atoms with van der Waals surface area (Å²) >= 11 is 0. The van der Waals surface area contributed by atoms with Gasteiger partial charge in [0.25, 0.3) is 0 Å². The number of β-amino-alcohol motifs (C(OH)–C–C–N with tert-alkyl or cyclic N) is 2. The highest BCUT2D eigenvalue weighted by atomic mass is 16.3. The predicted molar refractivity (Wildman–Crippen MR) is 48.0 cm³/mol. The third-order valence-corrected chi connectivity index (χ3v) is 2.47. The molecule has 1 aliphatic heterocycles. The predicted octanol–water partition coefficient (Wildman–Crippen LogP) is 0.214. The minimum atomic E-state index is -0.534. The minimum absolute atomic E-state index is 0.237. The molecule has 0 aliphatic carbocycles. The zero-order chi connectivity index (χ0) is 9.19. The second kappa shape index (κ2) is 3.73. The molecule has 1 heterocycles. The molecule has 0 spiro atoms. The second-order valence-electron chi connectivity index (χ2n) is 4.04. The van der Waals surface area contributed by atoms with Crippen LogP contribution in [-0.4, -0.2) is 46.5 Å². The maximum Gasteiger partial charge on any atom is 0.0758 e. The van der Waals surface area contributed by atoms with Gasteiger partial charge in [0, 0.05) is 19.6 Å². The Bertz CT molecular complexity index is 147. The van der Waals surface area contributed by atoms with Crippen LogP contribution in [0.25, 0.3) is 0 Å². The summed E-state index contributed by atoms with van der Waals surface area (Å²) in [6.45, 7) is 6.13. The molecule has 0 amide bonds. The van der Waals surface area contributed by atoms with Crippen molar-refractivity contribution in [3.05, 3.63) is 0 Å². The molecule has 2 N–H and O–H groups in total. The summed E-state index contributed by atoms with van der Waals surface area (Å²) in [6, 6.07) is 0. The van der Waals surface area contributed by atoms with Crippen LogP contribution in [0.1, 0.15) is 26.7 Å². The lowest BCUT2D eigenvalue weighted by Gasteiger charge is -2.20. The van der Waals surface area contributed by atoms with Crippen molar-refractivity contribution in [2.45, 2.75) is 38.4 Å². The Morgan fingerprint density at radius 1 is 1.58 bits per heavy atom. The van der Waals surface area contributed by atoms with E-state index < -0.39 is 5.60 Å². The zero-order valence-corrected chi connectivity index (χ0v) is 7.95. The molecule has 0 aromatic heterocycles. The fourth-order valence-electron chi connectivity index (χ4n) is 1.62. The van der Waals surface area contributed by atoms with Gasteiger partial charge in [0.1, 0.15) is 0 Å². The van der Waals surface area contributed by atoms with E-state index in [0.29, 0.717) is 13.1 Å². The summed E-state index contributed by atoms with van der Waals surface area (Å²) < 4.78 is 0. The Hall–Kier alpha value is -0.120. The molecule has 0 bridgehead atoms. The van der Waals surface area contributed by atoms with Gasteiger partial charge in [-0.2, -0.15) is 0 Å². The van der Waals surface area contributed by atoms with Gasteiger partial charge in [-0.15, -0.1) is 0 Å². The van der Waals surface area contributed by atoms with Crippen LogP contribution in [0.3, 0.4) is 0 Å². The Kier molecular flexibility index (Phi) is 3.09. The highest BCUT2D eigenvalue weighted by Gasteiger charge is 2.31. The van der Waals surface area contributed by atoms with Gasteiger partial charge in [0.2, 0.25) is 0 Å². The first kappa shape index (κ1) is 9.96. The Morgan fingerprint density at radius 3 is 2.67 bits per heavy atom. The maximum absolute atomic E-state index is 9.63. The van der Waals surface area contributed by atoms with Crippen LogP contribution >= 0.6 is 0 Å². The van der Waals surface area contributed by atoms with Crippen molar-refractivity contribution in [2.24, 2.45) is 0 Å². The van der Waals surface area contributed by atoms with Crippen molar-refractivity contribution in [3.63, 3.8) is 0 Å². The number of aliphatic hydroxyl groups is 2. The molecule has 1 rings (SSSR count). The van der Waals surface area contributed by atoms with Crippen LogP contribution in [0.4, 0.5) is 0 Å². The quantitative estimate of drug-likeness (QED) is 0.641. The number of aliphatic hydroxyl groups excluding tert-OH is 1. The highest BCUT2D eigenvalue weighted by molar-refractivity contribution is 4.86. The normalized spacial score (nSPS) is 34.0. The van der Waals surface area contributed by atoms with Gasteiger partial charge in [0.15, 0.2) is 0 Å². The largest absolute Gasteiger partial charge is 0.392 e. The first-order chi connectivity index (χ1) is 5.53. The van der Waals surface area contributed by atoms with Gasteiger partial charge < -0.3 is 10.2 Å². The second-order valence-corrected chi connectivity index (χ2v) is 4.04. The van der Waals surface area contributed by atoms with Gasteiger partial charge in [0.05, 0.1) is 11.7 Å². The first-order valence-electron chi connectivity index (χ1n) is 4.66. The molecular weight excluding hydrogens is 154 g/mol. The van der Waals surface area contributed by atoms with E-state index in [1.807, 2.05) is 13.8 Å². The molecule has 0 saturated carbocycles. The molecule has 0 radical (unpaired) electrons. The smallest absolute Gasteiger partial charge is 0.0758 e. The molecule has 0 aromatic carbocycles. The van der Waals surface area contributed by atoms with Gasteiger partial charge in [-0.3, -0.25) is 4.90 Å². The fourth-order valence-corrected chi connectivity index (χ4v) is 1.62. The van der Waals surface area contributed by atoms with E-state index >= 15 is 0 Å². The number of hydrogen-bond acceptors (Lipinski definition) is 3. The fraction of sp³-hybridized carbons (Fsp3) is 1.00. The van der Waals surface area contributed by atoms with Crippen molar-refractivity contribution in [1.29, 1.82) is 0 Å². The number of rotatable bonds is 3. The van der Waals surface area contributed by atoms with E-state index in [1.54, 1.807) is 0 Å². The van der Waals surface area contributed by atoms with Gasteiger partial charge >= 0.3 is 0 Å². The molecule has 1 aliphatic rings. The zero-order valence-electron chi connectivity index (χ0n) is 7.95. The molecule has 0 aromatic rings. The standard InChI is InChI=1S/C9H19NO2/c1-3-8(11)6-10-5-4-9(2,12)7-10/h8,11-12H,3-7H2,1-2H3. The summed E-state index contributed by atoms with van der Waals surface area (Å²) in [4.78, 5) is 2.12. The molecular formula is C9H19NO2. The van der Waals surface area contributed by atoms with Crippen molar-refractivity contribution >= 4 is 0 Å². The molecule has 1 fully saturated rings. The third kappa shape index (κ3) is 2.73. The minimum Gasteiger partial charge on any atom is -0.392 e. The Balaban J connectivity index is 2.28. The van der Waals surface area contributed by atoms with Gasteiger partial charge in [-0.05, 0) is 19.8 Å². The molecule has 72 valence electrons. The Labute approximate surface area is 74.0 Å². The lowest BCUT2D eigenvalue weighted by molar-refractivity contribution is 0.0578. The molecule has 3 nitrogen and oxygen atoms in total. The van der Waals surface area contributed by atoms with Crippen LogP contribution < -0.4 is 0 Å². The van der Waals surface area contributed by atoms with Crippen LogP contribution in [0.15, 0.2) is 0 Å². The first-order valence-corrected chi connectivity index (χ1v) is 4.66. The monoisotopic (exact) mass is 173 g/mol. The lowest BCUT2D eigenvalue weighted by atomic mass is 10.1. The summed E-state index contributed by atoms with van der Waals surface area (Å²) in [5.41, 5.74) is -0.534. The molecule has 2 unspecified atom stereocenters. The van der Waals surface area contributed by atoms with Crippen LogP contribution in [-0.2, 0) is 0 Å². The Morgan fingerprint density at radius 2 is 2.25 bits per heavy atom. The van der Waals surface area contributed by atoms with Crippen molar-refractivity contribution in [2.75, 3.05) is 19.6 Å². The lowest BCUT2D eigenvalue weighted by Crippen LogP contribution is -2.34. The average Bonchev–Trinajstić information content (AvgIpc) is 2.30. The summed E-state index contributed by atoms with van der Waals surface area (Å²) in [5.74, 6) is 0. The van der Waals surface area contributed by atoms with Crippen LogP contribution in [0.5, 0.6) is 0 Å². The van der Waals surface area contributed by atoms with Crippen LogP contribution in [0, 0.1) is 0 Å².